The van der Waals surface area contributed by atoms with Gasteiger partial charge in [-0.2, -0.15) is 5.10 Å². The highest BCUT2D eigenvalue weighted by molar-refractivity contribution is 5.88. The van der Waals surface area contributed by atoms with E-state index in [0.29, 0.717) is 12.5 Å². The summed E-state index contributed by atoms with van der Waals surface area (Å²) in [5.74, 6) is 0.440. The summed E-state index contributed by atoms with van der Waals surface area (Å²) in [4.78, 5) is 11.0. The third-order valence-corrected chi connectivity index (χ3v) is 4.68. The Labute approximate surface area is 171 Å². The fraction of sp³-hybridized carbons (Fsp3) is 0.333. The van der Waals surface area contributed by atoms with E-state index in [0.717, 1.165) is 33.8 Å². The minimum absolute atomic E-state index is 0.0614. The molecule has 0 saturated carbocycles. The van der Waals surface area contributed by atoms with E-state index in [2.05, 4.69) is 50.9 Å². The van der Waals surface area contributed by atoms with Gasteiger partial charge >= 0.3 is 5.97 Å². The lowest BCUT2D eigenvalue weighted by molar-refractivity contribution is 0.0697. The molecule has 0 aliphatic heterocycles. The van der Waals surface area contributed by atoms with Crippen molar-refractivity contribution in [1.82, 2.24) is 10.2 Å². The van der Waals surface area contributed by atoms with E-state index in [-0.39, 0.29) is 11.0 Å². The molecule has 3 aromatic rings. The maximum Gasteiger partial charge on any atom is 0.335 e. The Morgan fingerprint density at radius 3 is 2.31 bits per heavy atom. The standard InChI is InChI=1S/C24H28N2O3/c1-15(2)14-29-22-11-10-18(12-19(22)24(3,4)5)21-13-20(25-26-21)16-6-8-17(9-7-16)23(27)28/h6-13,15H,14H2,1-5H3,(H,25,26)(H,27,28). The molecular weight excluding hydrogens is 364 g/mol. The molecule has 0 amide bonds. The summed E-state index contributed by atoms with van der Waals surface area (Å²) in [6.07, 6.45) is 0. The molecule has 0 saturated heterocycles. The first-order valence-electron chi connectivity index (χ1n) is 9.82. The van der Waals surface area contributed by atoms with Crippen LogP contribution in [0.15, 0.2) is 48.5 Å². The van der Waals surface area contributed by atoms with Crippen molar-refractivity contribution in [3.8, 4) is 28.3 Å². The van der Waals surface area contributed by atoms with Crippen molar-refractivity contribution < 1.29 is 14.6 Å². The van der Waals surface area contributed by atoms with Gasteiger partial charge in [0.1, 0.15) is 5.75 Å². The quantitative estimate of drug-likeness (QED) is 0.558. The van der Waals surface area contributed by atoms with Crippen LogP contribution in [-0.4, -0.2) is 27.9 Å². The number of aromatic carboxylic acids is 1. The van der Waals surface area contributed by atoms with Crippen molar-refractivity contribution in [2.24, 2.45) is 5.92 Å². The van der Waals surface area contributed by atoms with E-state index >= 15 is 0 Å². The second-order valence-corrected chi connectivity index (χ2v) is 8.72. The summed E-state index contributed by atoms with van der Waals surface area (Å²) in [7, 11) is 0. The molecule has 1 heterocycles. The maximum absolute atomic E-state index is 11.0. The first-order valence-corrected chi connectivity index (χ1v) is 9.82. The first-order chi connectivity index (χ1) is 13.6. The topological polar surface area (TPSA) is 75.2 Å². The Hall–Kier alpha value is -3.08. The number of aromatic amines is 1. The zero-order valence-corrected chi connectivity index (χ0v) is 17.6. The lowest BCUT2D eigenvalue weighted by atomic mass is 9.85. The second-order valence-electron chi connectivity index (χ2n) is 8.72. The number of carbonyl (C=O) groups is 1. The summed E-state index contributed by atoms with van der Waals surface area (Å²) in [5.41, 5.74) is 4.93. The molecule has 0 fully saturated rings. The lowest BCUT2D eigenvalue weighted by Gasteiger charge is -2.24. The SMILES string of the molecule is CC(C)COc1ccc(-c2cc(-c3ccc(C(=O)O)cc3)[nH]n2)cc1C(C)(C)C. The normalized spacial score (nSPS) is 11.7. The van der Waals surface area contributed by atoms with Crippen LogP contribution in [0.3, 0.4) is 0 Å². The highest BCUT2D eigenvalue weighted by atomic mass is 16.5. The van der Waals surface area contributed by atoms with Crippen molar-refractivity contribution in [2.75, 3.05) is 6.61 Å². The van der Waals surface area contributed by atoms with E-state index in [4.69, 9.17) is 9.84 Å². The first kappa shape index (κ1) is 20.6. The number of carboxylic acid groups (broad SMARTS) is 1. The predicted molar refractivity (Wildman–Crippen MR) is 115 cm³/mol. The van der Waals surface area contributed by atoms with Gasteiger partial charge < -0.3 is 9.84 Å². The number of aromatic nitrogens is 2. The van der Waals surface area contributed by atoms with E-state index in [1.54, 1.807) is 24.3 Å². The van der Waals surface area contributed by atoms with Gasteiger partial charge in [0.25, 0.3) is 0 Å². The van der Waals surface area contributed by atoms with Gasteiger partial charge in [0, 0.05) is 11.1 Å². The Balaban J connectivity index is 1.92. The van der Waals surface area contributed by atoms with Crippen LogP contribution >= 0.6 is 0 Å². The zero-order chi connectivity index (χ0) is 21.2. The van der Waals surface area contributed by atoms with Gasteiger partial charge in [-0.05, 0) is 53.3 Å². The van der Waals surface area contributed by atoms with Gasteiger partial charge in [-0.15, -0.1) is 0 Å². The second kappa shape index (κ2) is 8.11. The molecule has 0 unspecified atom stereocenters. The van der Waals surface area contributed by atoms with Crippen LogP contribution in [0.4, 0.5) is 0 Å². The van der Waals surface area contributed by atoms with Crippen molar-refractivity contribution in [1.29, 1.82) is 0 Å². The van der Waals surface area contributed by atoms with Crippen LogP contribution in [-0.2, 0) is 5.41 Å². The van der Waals surface area contributed by atoms with Crippen LogP contribution in [0.1, 0.15) is 50.5 Å². The van der Waals surface area contributed by atoms with Gasteiger partial charge in [-0.1, -0.05) is 46.8 Å². The number of rotatable bonds is 6. The Kier molecular flexibility index (Phi) is 5.78. The average Bonchev–Trinajstić information content (AvgIpc) is 3.15. The summed E-state index contributed by atoms with van der Waals surface area (Å²) in [6, 6.07) is 14.9. The average molecular weight is 392 g/mol. The molecular formula is C24H28N2O3. The number of carboxylic acids is 1. The van der Waals surface area contributed by atoms with Gasteiger partial charge in [0.2, 0.25) is 0 Å². The zero-order valence-electron chi connectivity index (χ0n) is 17.6. The number of benzene rings is 2. The largest absolute Gasteiger partial charge is 0.493 e. The van der Waals surface area contributed by atoms with Crippen molar-refractivity contribution >= 4 is 5.97 Å². The molecule has 0 aliphatic carbocycles. The highest BCUT2D eigenvalue weighted by Gasteiger charge is 2.21. The molecule has 5 heteroatoms. The molecule has 0 bridgehead atoms. The third kappa shape index (κ3) is 4.86. The minimum atomic E-state index is -0.934. The molecule has 3 rings (SSSR count). The summed E-state index contributed by atoms with van der Waals surface area (Å²) in [5, 5.41) is 16.6. The fourth-order valence-corrected chi connectivity index (χ4v) is 3.07. The molecule has 2 N–H and O–H groups in total. The fourth-order valence-electron chi connectivity index (χ4n) is 3.07. The van der Waals surface area contributed by atoms with E-state index in [1.165, 1.54) is 0 Å². The molecule has 152 valence electrons. The molecule has 29 heavy (non-hydrogen) atoms. The minimum Gasteiger partial charge on any atom is -0.493 e. The van der Waals surface area contributed by atoms with Crippen molar-refractivity contribution in [3.63, 3.8) is 0 Å². The van der Waals surface area contributed by atoms with Gasteiger partial charge in [-0.25, -0.2) is 4.79 Å². The monoisotopic (exact) mass is 392 g/mol. The number of ether oxygens (including phenoxy) is 1. The number of nitrogens with one attached hydrogen (secondary N) is 1. The molecule has 0 spiro atoms. The highest BCUT2D eigenvalue weighted by Crippen LogP contribution is 2.35. The predicted octanol–water partition coefficient (Wildman–Crippen LogP) is 5.77. The van der Waals surface area contributed by atoms with Crippen LogP contribution in [0.5, 0.6) is 5.75 Å². The summed E-state index contributed by atoms with van der Waals surface area (Å²) >= 11 is 0. The third-order valence-electron chi connectivity index (χ3n) is 4.68. The summed E-state index contributed by atoms with van der Waals surface area (Å²) in [6.45, 7) is 11.5. The van der Waals surface area contributed by atoms with Crippen LogP contribution in [0, 0.1) is 5.92 Å². The molecule has 2 aromatic carbocycles. The smallest absolute Gasteiger partial charge is 0.335 e. The van der Waals surface area contributed by atoms with Gasteiger partial charge in [0.05, 0.1) is 23.6 Å². The summed E-state index contributed by atoms with van der Waals surface area (Å²) < 4.78 is 6.04. The molecule has 0 radical (unpaired) electrons. The number of H-pyrrole nitrogens is 1. The van der Waals surface area contributed by atoms with Crippen molar-refractivity contribution in [3.05, 3.63) is 59.7 Å². The van der Waals surface area contributed by atoms with Crippen molar-refractivity contribution in [2.45, 2.75) is 40.0 Å². The molecule has 0 atom stereocenters. The molecule has 0 aliphatic rings. The molecule has 5 nitrogen and oxygen atoms in total. The Morgan fingerprint density at radius 2 is 1.72 bits per heavy atom. The van der Waals surface area contributed by atoms with Crippen LogP contribution < -0.4 is 4.74 Å². The van der Waals surface area contributed by atoms with E-state index < -0.39 is 5.97 Å². The van der Waals surface area contributed by atoms with Gasteiger partial charge in [-0.3, -0.25) is 5.10 Å². The van der Waals surface area contributed by atoms with Gasteiger partial charge in [0.15, 0.2) is 0 Å². The maximum atomic E-state index is 11.0. The number of hydrogen-bond acceptors (Lipinski definition) is 3. The van der Waals surface area contributed by atoms with Crippen LogP contribution in [0.25, 0.3) is 22.5 Å². The molecule has 1 aromatic heterocycles. The lowest BCUT2D eigenvalue weighted by Crippen LogP contribution is -2.15. The number of hydrogen-bond donors (Lipinski definition) is 2. The van der Waals surface area contributed by atoms with E-state index in [9.17, 15) is 4.79 Å². The van der Waals surface area contributed by atoms with E-state index in [1.807, 2.05) is 18.2 Å². The Bertz CT molecular complexity index is 996. The van der Waals surface area contributed by atoms with Crippen LogP contribution in [0.2, 0.25) is 0 Å². The Morgan fingerprint density at radius 1 is 1.07 bits per heavy atom. The number of nitrogens with zero attached hydrogens (tertiary/aromatic N) is 1.